The highest BCUT2D eigenvalue weighted by Gasteiger charge is 2.11. The molecule has 2 N–H and O–H groups in total. The maximum atomic E-state index is 6.16. The molecule has 0 saturated heterocycles. The van der Waals surface area contributed by atoms with E-state index in [0.717, 1.165) is 23.5 Å². The van der Waals surface area contributed by atoms with Crippen LogP contribution in [0.1, 0.15) is 37.9 Å². The van der Waals surface area contributed by atoms with Crippen molar-refractivity contribution in [3.63, 3.8) is 0 Å². The lowest BCUT2D eigenvalue weighted by atomic mass is 10.1. The summed E-state index contributed by atoms with van der Waals surface area (Å²) < 4.78 is 0. The largest absolute Gasteiger partial charge is 0.323 e. The summed E-state index contributed by atoms with van der Waals surface area (Å²) in [7, 11) is 0. The summed E-state index contributed by atoms with van der Waals surface area (Å²) in [5.74, 6) is 0. The van der Waals surface area contributed by atoms with Gasteiger partial charge in [-0.1, -0.05) is 31.9 Å². The van der Waals surface area contributed by atoms with Gasteiger partial charge in [-0.25, -0.2) is 4.98 Å². The zero-order valence-corrected chi connectivity index (χ0v) is 13.1. The van der Waals surface area contributed by atoms with Crippen LogP contribution >= 0.6 is 23.1 Å². The fourth-order valence-corrected chi connectivity index (χ4v) is 3.19. The first-order chi connectivity index (χ1) is 9.24. The Morgan fingerprint density at radius 3 is 2.68 bits per heavy atom. The van der Waals surface area contributed by atoms with Crippen molar-refractivity contribution in [2.75, 3.05) is 6.26 Å². The molecule has 1 unspecified atom stereocenters. The summed E-state index contributed by atoms with van der Waals surface area (Å²) in [5.41, 5.74) is 8.37. The minimum atomic E-state index is 0.0791. The Morgan fingerprint density at radius 1 is 1.32 bits per heavy atom. The van der Waals surface area contributed by atoms with Crippen LogP contribution in [0.3, 0.4) is 0 Å². The van der Waals surface area contributed by atoms with E-state index in [2.05, 4.69) is 47.8 Å². The highest BCUT2D eigenvalue weighted by molar-refractivity contribution is 7.98. The lowest BCUT2D eigenvalue weighted by molar-refractivity contribution is 0.593. The number of nitrogens with two attached hydrogens (primary N) is 1. The van der Waals surface area contributed by atoms with Crippen LogP contribution in [0.15, 0.2) is 34.5 Å². The molecule has 0 bridgehead atoms. The van der Waals surface area contributed by atoms with E-state index < -0.39 is 0 Å². The van der Waals surface area contributed by atoms with Crippen molar-refractivity contribution in [3.8, 4) is 10.6 Å². The predicted molar refractivity (Wildman–Crippen MR) is 85.8 cm³/mol. The number of thioether (sulfide) groups is 1. The molecule has 2 rings (SSSR count). The predicted octanol–water partition coefficient (Wildman–Crippen LogP) is 4.72. The topological polar surface area (TPSA) is 38.9 Å². The molecule has 1 atom stereocenters. The van der Waals surface area contributed by atoms with Crippen LogP contribution in [-0.4, -0.2) is 11.2 Å². The SMILES string of the molecule is CCCCC(N)c1csc(-c2ccc(SC)cc2)n1. The maximum Gasteiger partial charge on any atom is 0.123 e. The van der Waals surface area contributed by atoms with E-state index in [4.69, 9.17) is 5.73 Å². The molecule has 0 aliphatic heterocycles. The van der Waals surface area contributed by atoms with E-state index in [9.17, 15) is 0 Å². The molecule has 1 aromatic carbocycles. The average Bonchev–Trinajstić information content (AvgIpc) is 2.94. The first-order valence-corrected chi connectivity index (χ1v) is 8.70. The van der Waals surface area contributed by atoms with Gasteiger partial charge in [-0.05, 0) is 24.8 Å². The van der Waals surface area contributed by atoms with Crippen molar-refractivity contribution >= 4 is 23.1 Å². The van der Waals surface area contributed by atoms with Gasteiger partial charge in [-0.15, -0.1) is 23.1 Å². The third-order valence-corrected chi connectivity index (χ3v) is 4.76. The Balaban J connectivity index is 2.11. The first kappa shape index (κ1) is 14.6. The highest BCUT2D eigenvalue weighted by Crippen LogP contribution is 2.28. The van der Waals surface area contributed by atoms with Crippen molar-refractivity contribution in [2.24, 2.45) is 5.73 Å². The molecule has 2 aromatic rings. The Kier molecular flexibility index (Phi) is 5.43. The zero-order valence-electron chi connectivity index (χ0n) is 11.4. The summed E-state index contributed by atoms with van der Waals surface area (Å²) in [4.78, 5) is 5.95. The minimum Gasteiger partial charge on any atom is -0.323 e. The van der Waals surface area contributed by atoms with Crippen molar-refractivity contribution in [1.29, 1.82) is 0 Å². The molecule has 1 aromatic heterocycles. The van der Waals surface area contributed by atoms with Gasteiger partial charge in [0.05, 0.1) is 5.69 Å². The normalized spacial score (nSPS) is 12.6. The van der Waals surface area contributed by atoms with E-state index in [1.165, 1.54) is 16.9 Å². The molecule has 0 fully saturated rings. The Hall–Kier alpha value is -0.840. The van der Waals surface area contributed by atoms with Crippen molar-refractivity contribution in [3.05, 3.63) is 35.3 Å². The van der Waals surface area contributed by atoms with E-state index in [0.29, 0.717) is 0 Å². The molecule has 2 nitrogen and oxygen atoms in total. The number of nitrogens with zero attached hydrogens (tertiary/aromatic N) is 1. The molecular formula is C15H20N2S2. The van der Waals surface area contributed by atoms with Crippen molar-refractivity contribution in [2.45, 2.75) is 37.1 Å². The summed E-state index contributed by atoms with van der Waals surface area (Å²) in [6.45, 7) is 2.19. The lowest BCUT2D eigenvalue weighted by Gasteiger charge is -2.06. The Bertz CT molecular complexity index is 505. The summed E-state index contributed by atoms with van der Waals surface area (Å²) in [6, 6.07) is 8.62. The number of benzene rings is 1. The van der Waals surface area contributed by atoms with Gasteiger partial charge in [0.2, 0.25) is 0 Å². The number of rotatable bonds is 6. The van der Waals surface area contributed by atoms with Crippen LogP contribution in [0, 0.1) is 0 Å². The molecule has 4 heteroatoms. The second kappa shape index (κ2) is 7.08. The standard InChI is InChI=1S/C15H20N2S2/c1-3-4-5-13(16)14-10-19-15(17-14)11-6-8-12(18-2)9-7-11/h6-10,13H,3-5,16H2,1-2H3. The van der Waals surface area contributed by atoms with Crippen molar-refractivity contribution in [1.82, 2.24) is 4.98 Å². The lowest BCUT2D eigenvalue weighted by Crippen LogP contribution is -2.10. The number of thiazole rings is 1. The highest BCUT2D eigenvalue weighted by atomic mass is 32.2. The number of aromatic nitrogens is 1. The van der Waals surface area contributed by atoms with Crippen molar-refractivity contribution < 1.29 is 0 Å². The summed E-state index contributed by atoms with van der Waals surface area (Å²) in [6.07, 6.45) is 5.45. The number of hydrogen-bond donors (Lipinski definition) is 1. The summed E-state index contributed by atoms with van der Waals surface area (Å²) >= 11 is 3.43. The maximum absolute atomic E-state index is 6.16. The third-order valence-electron chi connectivity index (χ3n) is 3.11. The monoisotopic (exact) mass is 292 g/mol. The Morgan fingerprint density at radius 2 is 2.05 bits per heavy atom. The van der Waals surface area contributed by atoms with E-state index in [1.807, 2.05) is 0 Å². The van der Waals surface area contributed by atoms with Gasteiger partial charge >= 0.3 is 0 Å². The smallest absolute Gasteiger partial charge is 0.123 e. The van der Waals surface area contributed by atoms with Crippen LogP contribution in [-0.2, 0) is 0 Å². The van der Waals surface area contributed by atoms with E-state index >= 15 is 0 Å². The van der Waals surface area contributed by atoms with Gasteiger partial charge in [0.15, 0.2) is 0 Å². The molecule has 0 spiro atoms. The average molecular weight is 292 g/mol. The molecule has 0 radical (unpaired) electrons. The molecule has 0 saturated carbocycles. The van der Waals surface area contributed by atoms with Gasteiger partial charge in [0, 0.05) is 21.9 Å². The second-order valence-corrected chi connectivity index (χ2v) is 6.29. The van der Waals surface area contributed by atoms with Gasteiger partial charge < -0.3 is 5.73 Å². The van der Waals surface area contributed by atoms with Crippen LogP contribution in [0.4, 0.5) is 0 Å². The molecule has 0 aliphatic carbocycles. The van der Waals surface area contributed by atoms with Crippen LogP contribution < -0.4 is 5.73 Å². The van der Waals surface area contributed by atoms with Gasteiger partial charge in [-0.2, -0.15) is 0 Å². The number of hydrogen-bond acceptors (Lipinski definition) is 4. The molecule has 0 amide bonds. The molecule has 1 heterocycles. The fourth-order valence-electron chi connectivity index (χ4n) is 1.89. The molecule has 102 valence electrons. The van der Waals surface area contributed by atoms with Crippen LogP contribution in [0.25, 0.3) is 10.6 Å². The third kappa shape index (κ3) is 3.81. The quantitative estimate of drug-likeness (QED) is 0.783. The second-order valence-electron chi connectivity index (χ2n) is 4.55. The van der Waals surface area contributed by atoms with E-state index in [1.54, 1.807) is 23.1 Å². The molecule has 0 aliphatic rings. The molecular weight excluding hydrogens is 272 g/mol. The van der Waals surface area contributed by atoms with Gasteiger partial charge in [0.1, 0.15) is 5.01 Å². The van der Waals surface area contributed by atoms with Crippen LogP contribution in [0.5, 0.6) is 0 Å². The number of unbranched alkanes of at least 4 members (excludes halogenated alkanes) is 1. The minimum absolute atomic E-state index is 0.0791. The first-order valence-electron chi connectivity index (χ1n) is 6.60. The summed E-state index contributed by atoms with van der Waals surface area (Å²) in [5, 5.41) is 3.16. The van der Waals surface area contributed by atoms with Gasteiger partial charge in [0.25, 0.3) is 0 Å². The molecule has 19 heavy (non-hydrogen) atoms. The Labute approximate surface area is 123 Å². The zero-order chi connectivity index (χ0) is 13.7. The van der Waals surface area contributed by atoms with E-state index in [-0.39, 0.29) is 6.04 Å². The van der Waals surface area contributed by atoms with Crippen LogP contribution in [0.2, 0.25) is 0 Å². The van der Waals surface area contributed by atoms with Gasteiger partial charge in [-0.3, -0.25) is 0 Å². The fraction of sp³-hybridized carbons (Fsp3) is 0.400.